The van der Waals surface area contributed by atoms with E-state index in [-0.39, 0.29) is 12.4 Å². The van der Waals surface area contributed by atoms with E-state index >= 15 is 0 Å². The van der Waals surface area contributed by atoms with Crippen molar-refractivity contribution in [2.24, 2.45) is 0 Å². The first-order valence-corrected chi connectivity index (χ1v) is 8.31. The quantitative estimate of drug-likeness (QED) is 0.582. The minimum Gasteiger partial charge on any atom is -0.489 e. The Kier molecular flexibility index (Phi) is 9.42. The number of unbranched alkanes of at least 4 members (excludes halogenated alkanes) is 1. The number of halogens is 3. The lowest BCUT2D eigenvalue weighted by atomic mass is 10.2. The maximum Gasteiger partial charge on any atom is 0.120 e. The summed E-state index contributed by atoms with van der Waals surface area (Å²) in [4.78, 5) is 0. The highest BCUT2D eigenvalue weighted by Gasteiger charge is 2.03. The van der Waals surface area contributed by atoms with Crippen LogP contribution in [0.1, 0.15) is 30.9 Å². The third-order valence-electron chi connectivity index (χ3n) is 3.34. The van der Waals surface area contributed by atoms with Crippen LogP contribution in [0.5, 0.6) is 5.75 Å². The average molecular weight is 375 g/mol. The van der Waals surface area contributed by atoms with Crippen LogP contribution in [0, 0.1) is 0 Å². The molecule has 2 aromatic carbocycles. The summed E-state index contributed by atoms with van der Waals surface area (Å²) in [7, 11) is 0. The van der Waals surface area contributed by atoms with Gasteiger partial charge in [0.1, 0.15) is 12.4 Å². The Morgan fingerprint density at radius 3 is 2.65 bits per heavy atom. The Balaban J connectivity index is 0.00000264. The molecule has 2 aromatic rings. The first-order chi connectivity index (χ1) is 10.7. The Labute approximate surface area is 154 Å². The summed E-state index contributed by atoms with van der Waals surface area (Å²) in [6.45, 7) is 4.53. The summed E-state index contributed by atoms with van der Waals surface area (Å²) in [5, 5.41) is 4.69. The standard InChI is InChI=1S/C18H21Cl2NO.ClH/c1-2-3-9-21-12-14-5-4-6-17(10-14)22-13-15-7-8-16(19)11-18(15)20;/h4-8,10-11,21H,2-3,9,12-13H2,1H3;1H. The molecule has 2 rings (SSSR count). The molecule has 0 aliphatic carbocycles. The largest absolute Gasteiger partial charge is 0.489 e. The Morgan fingerprint density at radius 2 is 1.91 bits per heavy atom. The first kappa shape index (κ1) is 20.1. The van der Waals surface area contributed by atoms with Crippen molar-refractivity contribution in [2.45, 2.75) is 32.9 Å². The zero-order valence-corrected chi connectivity index (χ0v) is 15.5. The molecular weight excluding hydrogens is 353 g/mol. The average Bonchev–Trinajstić information content (AvgIpc) is 2.51. The SMILES string of the molecule is CCCCNCc1cccc(OCc2ccc(Cl)cc2Cl)c1.Cl. The number of benzene rings is 2. The van der Waals surface area contributed by atoms with Gasteiger partial charge in [-0.2, -0.15) is 0 Å². The van der Waals surface area contributed by atoms with Gasteiger partial charge in [0.2, 0.25) is 0 Å². The summed E-state index contributed by atoms with van der Waals surface area (Å²) in [5.41, 5.74) is 2.15. The second kappa shape index (κ2) is 10.8. The van der Waals surface area contributed by atoms with Crippen LogP contribution in [0.3, 0.4) is 0 Å². The van der Waals surface area contributed by atoms with Crippen LogP contribution >= 0.6 is 35.6 Å². The van der Waals surface area contributed by atoms with Crippen molar-refractivity contribution in [2.75, 3.05) is 6.54 Å². The van der Waals surface area contributed by atoms with Crippen LogP contribution < -0.4 is 10.1 Å². The van der Waals surface area contributed by atoms with Gasteiger partial charge in [-0.3, -0.25) is 0 Å². The van der Waals surface area contributed by atoms with Crippen molar-refractivity contribution in [3.05, 3.63) is 63.6 Å². The third kappa shape index (κ3) is 7.01. The fourth-order valence-corrected chi connectivity index (χ4v) is 2.54. The predicted molar refractivity (Wildman–Crippen MR) is 101 cm³/mol. The zero-order valence-electron chi connectivity index (χ0n) is 13.1. The van der Waals surface area contributed by atoms with Gasteiger partial charge in [-0.15, -0.1) is 12.4 Å². The third-order valence-corrected chi connectivity index (χ3v) is 3.93. The van der Waals surface area contributed by atoms with E-state index in [4.69, 9.17) is 27.9 Å². The number of ether oxygens (including phenoxy) is 1. The molecule has 0 saturated heterocycles. The lowest BCUT2D eigenvalue weighted by molar-refractivity contribution is 0.306. The fraction of sp³-hybridized carbons (Fsp3) is 0.333. The molecule has 0 atom stereocenters. The highest BCUT2D eigenvalue weighted by atomic mass is 35.5. The van der Waals surface area contributed by atoms with Gasteiger partial charge < -0.3 is 10.1 Å². The van der Waals surface area contributed by atoms with Crippen LogP contribution in [0.2, 0.25) is 10.0 Å². The van der Waals surface area contributed by atoms with Crippen LogP contribution in [-0.4, -0.2) is 6.54 Å². The fourth-order valence-electron chi connectivity index (χ4n) is 2.08. The molecular formula is C18H22Cl3NO. The lowest BCUT2D eigenvalue weighted by Crippen LogP contribution is -2.14. The van der Waals surface area contributed by atoms with Gasteiger partial charge >= 0.3 is 0 Å². The van der Waals surface area contributed by atoms with Gasteiger partial charge in [0, 0.05) is 22.2 Å². The summed E-state index contributed by atoms with van der Waals surface area (Å²) in [6.07, 6.45) is 2.41. The van der Waals surface area contributed by atoms with Crippen molar-refractivity contribution >= 4 is 35.6 Å². The van der Waals surface area contributed by atoms with Gasteiger partial charge in [0.15, 0.2) is 0 Å². The molecule has 23 heavy (non-hydrogen) atoms. The highest BCUT2D eigenvalue weighted by Crippen LogP contribution is 2.23. The number of hydrogen-bond donors (Lipinski definition) is 1. The Hall–Kier alpha value is -0.930. The minimum atomic E-state index is 0. The topological polar surface area (TPSA) is 21.3 Å². The zero-order chi connectivity index (χ0) is 15.8. The van der Waals surface area contributed by atoms with Crippen LogP contribution in [0.15, 0.2) is 42.5 Å². The van der Waals surface area contributed by atoms with Gasteiger partial charge in [-0.25, -0.2) is 0 Å². The molecule has 0 spiro atoms. The molecule has 0 saturated carbocycles. The number of hydrogen-bond acceptors (Lipinski definition) is 2. The van der Waals surface area contributed by atoms with Gasteiger partial charge in [-0.1, -0.05) is 54.7 Å². The molecule has 2 nitrogen and oxygen atoms in total. The van der Waals surface area contributed by atoms with E-state index in [0.29, 0.717) is 16.7 Å². The molecule has 1 N–H and O–H groups in total. The van der Waals surface area contributed by atoms with E-state index in [2.05, 4.69) is 24.4 Å². The molecule has 0 aliphatic rings. The molecule has 0 aromatic heterocycles. The van der Waals surface area contributed by atoms with E-state index in [1.54, 1.807) is 6.07 Å². The second-order valence-electron chi connectivity index (χ2n) is 5.20. The van der Waals surface area contributed by atoms with Crippen molar-refractivity contribution in [3.63, 3.8) is 0 Å². The predicted octanol–water partition coefficient (Wildman–Crippen LogP) is 5.88. The number of rotatable bonds is 8. The Morgan fingerprint density at radius 1 is 1.09 bits per heavy atom. The normalized spacial score (nSPS) is 10.2. The molecule has 0 aliphatic heterocycles. The molecule has 0 unspecified atom stereocenters. The molecule has 0 bridgehead atoms. The molecule has 0 amide bonds. The summed E-state index contributed by atoms with van der Waals surface area (Å²) in [5.74, 6) is 0.848. The second-order valence-corrected chi connectivity index (χ2v) is 6.05. The monoisotopic (exact) mass is 373 g/mol. The minimum absolute atomic E-state index is 0. The molecule has 0 fully saturated rings. The van der Waals surface area contributed by atoms with Crippen molar-refractivity contribution in [3.8, 4) is 5.75 Å². The maximum absolute atomic E-state index is 6.15. The van der Waals surface area contributed by atoms with Crippen LogP contribution in [0.4, 0.5) is 0 Å². The smallest absolute Gasteiger partial charge is 0.120 e. The van der Waals surface area contributed by atoms with Gasteiger partial charge in [-0.05, 0) is 42.8 Å². The number of nitrogens with one attached hydrogen (secondary N) is 1. The molecule has 0 heterocycles. The highest BCUT2D eigenvalue weighted by molar-refractivity contribution is 6.35. The van der Waals surface area contributed by atoms with E-state index in [0.717, 1.165) is 24.4 Å². The maximum atomic E-state index is 6.15. The summed E-state index contributed by atoms with van der Waals surface area (Å²) < 4.78 is 5.83. The Bertz CT molecular complexity index is 605. The van der Waals surface area contributed by atoms with E-state index < -0.39 is 0 Å². The molecule has 0 radical (unpaired) electrons. The van der Waals surface area contributed by atoms with Crippen LogP contribution in [-0.2, 0) is 13.2 Å². The van der Waals surface area contributed by atoms with Crippen LogP contribution in [0.25, 0.3) is 0 Å². The van der Waals surface area contributed by atoms with E-state index in [1.807, 2.05) is 24.3 Å². The van der Waals surface area contributed by atoms with Crippen molar-refractivity contribution in [1.29, 1.82) is 0 Å². The molecule has 5 heteroatoms. The van der Waals surface area contributed by atoms with E-state index in [9.17, 15) is 0 Å². The van der Waals surface area contributed by atoms with E-state index in [1.165, 1.54) is 18.4 Å². The molecule has 126 valence electrons. The van der Waals surface area contributed by atoms with Crippen molar-refractivity contribution < 1.29 is 4.74 Å². The lowest BCUT2D eigenvalue weighted by Gasteiger charge is -2.10. The van der Waals surface area contributed by atoms with Gasteiger partial charge in [0.25, 0.3) is 0 Å². The van der Waals surface area contributed by atoms with Crippen molar-refractivity contribution in [1.82, 2.24) is 5.32 Å². The summed E-state index contributed by atoms with van der Waals surface area (Å²) >= 11 is 12.0. The first-order valence-electron chi connectivity index (χ1n) is 7.55. The summed E-state index contributed by atoms with van der Waals surface area (Å²) in [6, 6.07) is 13.6. The van der Waals surface area contributed by atoms with Gasteiger partial charge in [0.05, 0.1) is 0 Å².